The van der Waals surface area contributed by atoms with Crippen LogP contribution in [0.15, 0.2) is 24.3 Å². The van der Waals surface area contributed by atoms with Gasteiger partial charge in [0.05, 0.1) is 6.61 Å². The van der Waals surface area contributed by atoms with E-state index in [0.717, 1.165) is 37.9 Å². The molecule has 7 heteroatoms. The van der Waals surface area contributed by atoms with Gasteiger partial charge in [-0.15, -0.1) is 12.4 Å². The fraction of sp³-hybridized carbons (Fsp3) is 0.611. The molecule has 0 aliphatic carbocycles. The Balaban J connectivity index is 0.00000576. The molecule has 0 saturated heterocycles. The van der Waals surface area contributed by atoms with Crippen molar-refractivity contribution in [3.8, 4) is 5.75 Å². The minimum atomic E-state index is -0.941. The number of rotatable bonds is 15. The van der Waals surface area contributed by atoms with E-state index in [0.29, 0.717) is 33.0 Å². The Labute approximate surface area is 156 Å². The van der Waals surface area contributed by atoms with E-state index in [4.69, 9.17) is 25.1 Å². The lowest BCUT2D eigenvalue weighted by Crippen LogP contribution is -2.09. The second-order valence-electron chi connectivity index (χ2n) is 5.51. The van der Waals surface area contributed by atoms with Crippen molar-refractivity contribution in [3.63, 3.8) is 0 Å². The van der Waals surface area contributed by atoms with Crippen LogP contribution in [0.3, 0.4) is 0 Å². The molecule has 0 radical (unpaired) electrons. The van der Waals surface area contributed by atoms with Crippen molar-refractivity contribution in [1.29, 1.82) is 0 Å². The van der Waals surface area contributed by atoms with Crippen LogP contribution in [0.25, 0.3) is 0 Å². The van der Waals surface area contributed by atoms with Crippen LogP contribution in [0.1, 0.15) is 31.2 Å². The molecule has 0 aromatic heterocycles. The summed E-state index contributed by atoms with van der Waals surface area (Å²) in [7, 11) is 0. The fourth-order valence-electron chi connectivity index (χ4n) is 2.16. The van der Waals surface area contributed by atoms with Crippen molar-refractivity contribution < 1.29 is 24.1 Å². The number of nitrogens with two attached hydrogens (primary N) is 1. The zero-order valence-electron chi connectivity index (χ0n) is 14.7. The maximum Gasteiger partial charge on any atom is 0.329 e. The third kappa shape index (κ3) is 13.6. The first-order valence-electron chi connectivity index (χ1n) is 8.51. The Kier molecular flexibility index (Phi) is 15.3. The number of hydrogen-bond donors (Lipinski definition) is 2. The molecule has 144 valence electrons. The molecule has 0 aliphatic rings. The van der Waals surface area contributed by atoms with Gasteiger partial charge in [-0.2, -0.15) is 0 Å². The standard InChI is InChI=1S/C18H29NO5.ClH/c19-9-8-16-6-4-7-17(14-16)24-13-3-1-2-10-22-11-5-12-23-15-18(20)21;/h4,6-7,14H,1-3,5,8-13,15,19H2,(H,20,21);1H. The van der Waals surface area contributed by atoms with E-state index in [-0.39, 0.29) is 19.0 Å². The van der Waals surface area contributed by atoms with Crippen molar-refractivity contribution >= 4 is 18.4 Å². The van der Waals surface area contributed by atoms with Crippen LogP contribution in [-0.2, 0) is 20.7 Å². The Morgan fingerprint density at radius 3 is 2.48 bits per heavy atom. The number of ether oxygens (including phenoxy) is 3. The van der Waals surface area contributed by atoms with Crippen LogP contribution in [-0.4, -0.2) is 50.7 Å². The minimum Gasteiger partial charge on any atom is -0.494 e. The Hall–Kier alpha value is -1.34. The first kappa shape index (κ1) is 23.7. The highest BCUT2D eigenvalue weighted by Crippen LogP contribution is 2.14. The van der Waals surface area contributed by atoms with E-state index in [1.165, 1.54) is 5.56 Å². The molecule has 0 aliphatic heterocycles. The normalized spacial score (nSPS) is 10.3. The Morgan fingerprint density at radius 2 is 1.72 bits per heavy atom. The van der Waals surface area contributed by atoms with Gasteiger partial charge in [0.15, 0.2) is 0 Å². The molecule has 1 rings (SSSR count). The molecule has 0 bridgehead atoms. The molecule has 0 amide bonds. The molecule has 0 saturated carbocycles. The number of carboxylic acids is 1. The van der Waals surface area contributed by atoms with Crippen LogP contribution in [0.4, 0.5) is 0 Å². The van der Waals surface area contributed by atoms with E-state index >= 15 is 0 Å². The number of carbonyl (C=O) groups is 1. The van der Waals surface area contributed by atoms with Gasteiger partial charge >= 0.3 is 5.97 Å². The molecule has 0 unspecified atom stereocenters. The molecule has 0 spiro atoms. The molecule has 0 fully saturated rings. The van der Waals surface area contributed by atoms with Gasteiger partial charge in [0.2, 0.25) is 0 Å². The van der Waals surface area contributed by atoms with E-state index in [2.05, 4.69) is 6.07 Å². The quantitative estimate of drug-likeness (QED) is 0.458. The highest BCUT2D eigenvalue weighted by molar-refractivity contribution is 5.85. The lowest BCUT2D eigenvalue weighted by Gasteiger charge is -2.08. The van der Waals surface area contributed by atoms with Crippen LogP contribution < -0.4 is 10.5 Å². The van der Waals surface area contributed by atoms with E-state index in [1.54, 1.807) is 0 Å². The lowest BCUT2D eigenvalue weighted by atomic mass is 10.1. The average Bonchev–Trinajstić information content (AvgIpc) is 2.56. The molecule has 3 N–H and O–H groups in total. The number of benzene rings is 1. The maximum atomic E-state index is 10.2. The third-order valence-corrected chi connectivity index (χ3v) is 3.34. The third-order valence-electron chi connectivity index (χ3n) is 3.34. The van der Waals surface area contributed by atoms with Crippen LogP contribution in [0, 0.1) is 0 Å². The second-order valence-corrected chi connectivity index (χ2v) is 5.51. The molecule has 0 atom stereocenters. The summed E-state index contributed by atoms with van der Waals surface area (Å²) in [5.74, 6) is -0.0391. The largest absolute Gasteiger partial charge is 0.494 e. The van der Waals surface area contributed by atoms with Gasteiger partial charge < -0.3 is 25.1 Å². The number of carboxylic acid groups (broad SMARTS) is 1. The predicted molar refractivity (Wildman–Crippen MR) is 99.7 cm³/mol. The van der Waals surface area contributed by atoms with Gasteiger partial charge in [0.1, 0.15) is 12.4 Å². The van der Waals surface area contributed by atoms with Crippen molar-refractivity contribution in [2.45, 2.75) is 32.1 Å². The second kappa shape index (κ2) is 16.1. The molecular formula is C18H30ClNO5. The summed E-state index contributed by atoms with van der Waals surface area (Å²) in [4.78, 5) is 10.2. The predicted octanol–water partition coefficient (Wildman–Crippen LogP) is 2.67. The van der Waals surface area contributed by atoms with Gasteiger partial charge in [0.25, 0.3) is 0 Å². The zero-order valence-corrected chi connectivity index (χ0v) is 15.5. The van der Waals surface area contributed by atoms with Gasteiger partial charge in [0, 0.05) is 19.8 Å². The summed E-state index contributed by atoms with van der Waals surface area (Å²) >= 11 is 0. The molecular weight excluding hydrogens is 346 g/mol. The maximum absolute atomic E-state index is 10.2. The van der Waals surface area contributed by atoms with Gasteiger partial charge in [-0.1, -0.05) is 12.1 Å². The first-order valence-corrected chi connectivity index (χ1v) is 8.51. The number of unbranched alkanes of at least 4 members (excludes halogenated alkanes) is 2. The van der Waals surface area contributed by atoms with E-state index < -0.39 is 5.97 Å². The zero-order chi connectivity index (χ0) is 17.5. The Bertz CT molecular complexity index is 459. The highest BCUT2D eigenvalue weighted by atomic mass is 35.5. The van der Waals surface area contributed by atoms with Gasteiger partial charge in [-0.25, -0.2) is 4.79 Å². The highest BCUT2D eigenvalue weighted by Gasteiger charge is 1.98. The minimum absolute atomic E-state index is 0. The van der Waals surface area contributed by atoms with E-state index in [1.807, 2.05) is 18.2 Å². The summed E-state index contributed by atoms with van der Waals surface area (Å²) in [6, 6.07) is 8.07. The van der Waals surface area contributed by atoms with Gasteiger partial charge in [-0.3, -0.25) is 0 Å². The van der Waals surface area contributed by atoms with Gasteiger partial charge in [-0.05, 0) is 56.3 Å². The molecule has 1 aromatic carbocycles. The van der Waals surface area contributed by atoms with Crippen LogP contribution >= 0.6 is 12.4 Å². The monoisotopic (exact) mass is 375 g/mol. The average molecular weight is 376 g/mol. The molecule has 1 aromatic rings. The molecule has 0 heterocycles. The van der Waals surface area contributed by atoms with Crippen LogP contribution in [0.5, 0.6) is 5.75 Å². The summed E-state index contributed by atoms with van der Waals surface area (Å²) in [6.45, 7) is 2.84. The summed E-state index contributed by atoms with van der Waals surface area (Å²) < 4.78 is 16.1. The smallest absolute Gasteiger partial charge is 0.329 e. The fourth-order valence-corrected chi connectivity index (χ4v) is 2.16. The number of aliphatic carboxylic acids is 1. The van der Waals surface area contributed by atoms with Crippen molar-refractivity contribution in [3.05, 3.63) is 29.8 Å². The Morgan fingerprint density at radius 1 is 1.00 bits per heavy atom. The topological polar surface area (TPSA) is 91.0 Å². The van der Waals surface area contributed by atoms with Crippen molar-refractivity contribution in [2.24, 2.45) is 5.73 Å². The van der Waals surface area contributed by atoms with Crippen LogP contribution in [0.2, 0.25) is 0 Å². The summed E-state index contributed by atoms with van der Waals surface area (Å²) in [5, 5.41) is 8.40. The molecule has 25 heavy (non-hydrogen) atoms. The molecule has 6 nitrogen and oxygen atoms in total. The lowest BCUT2D eigenvalue weighted by molar-refractivity contribution is -0.142. The number of hydrogen-bond acceptors (Lipinski definition) is 5. The summed E-state index contributed by atoms with van der Waals surface area (Å²) in [5.41, 5.74) is 6.76. The first-order chi connectivity index (χ1) is 11.7. The number of halogens is 1. The summed E-state index contributed by atoms with van der Waals surface area (Å²) in [6.07, 6.45) is 4.63. The van der Waals surface area contributed by atoms with Crippen molar-refractivity contribution in [2.75, 3.05) is 39.6 Å². The SMILES string of the molecule is Cl.NCCc1cccc(OCCCCCOCCCOCC(=O)O)c1. The van der Waals surface area contributed by atoms with E-state index in [9.17, 15) is 4.79 Å². The van der Waals surface area contributed by atoms with Crippen molar-refractivity contribution in [1.82, 2.24) is 0 Å².